The molecule has 0 fully saturated rings. The third-order valence-corrected chi connectivity index (χ3v) is 6.03. The van der Waals surface area contributed by atoms with E-state index >= 15 is 0 Å². The SMILES string of the molecule is CC(C)C(C)NC(=O)CCCSc1nc2ccccc2c(=O)n1-c1ccccc1F. The van der Waals surface area contributed by atoms with Gasteiger partial charge in [0.1, 0.15) is 5.82 Å². The summed E-state index contributed by atoms with van der Waals surface area (Å²) in [7, 11) is 0. The zero-order valence-corrected chi connectivity index (χ0v) is 18.2. The molecule has 0 saturated carbocycles. The number of benzene rings is 2. The first-order valence-corrected chi connectivity index (χ1v) is 11.1. The van der Waals surface area contributed by atoms with E-state index in [2.05, 4.69) is 24.1 Å². The Morgan fingerprint density at radius 1 is 1.13 bits per heavy atom. The monoisotopic (exact) mass is 427 g/mol. The summed E-state index contributed by atoms with van der Waals surface area (Å²) >= 11 is 1.35. The Bertz CT molecular complexity index is 1100. The van der Waals surface area contributed by atoms with Crippen molar-refractivity contribution in [2.24, 2.45) is 5.92 Å². The first kappa shape index (κ1) is 22.0. The summed E-state index contributed by atoms with van der Waals surface area (Å²) in [5, 5.41) is 3.84. The van der Waals surface area contributed by atoms with E-state index in [0.717, 1.165) is 0 Å². The third-order valence-electron chi connectivity index (χ3n) is 5.01. The number of para-hydroxylation sites is 2. The summed E-state index contributed by atoms with van der Waals surface area (Å²) in [5.74, 6) is 0.485. The number of nitrogens with zero attached hydrogens (tertiary/aromatic N) is 2. The molecular formula is C23H26FN3O2S. The minimum absolute atomic E-state index is 0.00904. The van der Waals surface area contributed by atoms with Crippen LogP contribution in [-0.4, -0.2) is 27.3 Å². The molecule has 1 N–H and O–H groups in total. The Morgan fingerprint density at radius 3 is 2.57 bits per heavy atom. The molecule has 3 rings (SSSR count). The zero-order chi connectivity index (χ0) is 21.7. The maximum atomic E-state index is 14.5. The highest BCUT2D eigenvalue weighted by molar-refractivity contribution is 7.99. The highest BCUT2D eigenvalue weighted by Crippen LogP contribution is 2.23. The Kier molecular flexibility index (Phi) is 7.26. The Hall–Kier alpha value is -2.67. The number of carbonyl (C=O) groups excluding carboxylic acids is 1. The maximum Gasteiger partial charge on any atom is 0.266 e. The highest BCUT2D eigenvalue weighted by atomic mass is 32.2. The Labute approximate surface area is 179 Å². The van der Waals surface area contributed by atoms with Crippen LogP contribution in [0.3, 0.4) is 0 Å². The first-order chi connectivity index (χ1) is 14.4. The number of rotatable bonds is 8. The van der Waals surface area contributed by atoms with E-state index in [1.54, 1.807) is 36.4 Å². The number of nitrogens with one attached hydrogen (secondary N) is 1. The summed E-state index contributed by atoms with van der Waals surface area (Å²) in [4.78, 5) is 29.8. The molecular weight excluding hydrogens is 401 g/mol. The molecule has 0 spiro atoms. The van der Waals surface area contributed by atoms with E-state index in [9.17, 15) is 14.0 Å². The van der Waals surface area contributed by atoms with E-state index in [0.29, 0.717) is 40.6 Å². The zero-order valence-electron chi connectivity index (χ0n) is 17.4. The fraction of sp³-hybridized carbons (Fsp3) is 0.348. The van der Waals surface area contributed by atoms with Crippen LogP contribution in [0, 0.1) is 11.7 Å². The minimum Gasteiger partial charge on any atom is -0.353 e. The second-order valence-corrected chi connectivity index (χ2v) is 8.62. The molecule has 0 aliphatic heterocycles. The summed E-state index contributed by atoms with van der Waals surface area (Å²) in [6.07, 6.45) is 1.02. The van der Waals surface area contributed by atoms with Crippen molar-refractivity contribution < 1.29 is 9.18 Å². The number of amides is 1. The van der Waals surface area contributed by atoms with Gasteiger partial charge in [-0.1, -0.05) is 49.9 Å². The molecule has 1 amide bonds. The predicted octanol–water partition coefficient (Wildman–Crippen LogP) is 4.56. The van der Waals surface area contributed by atoms with Crippen LogP contribution in [0.15, 0.2) is 58.5 Å². The Balaban J connectivity index is 1.81. The van der Waals surface area contributed by atoms with Gasteiger partial charge in [0.15, 0.2) is 5.16 Å². The fourth-order valence-corrected chi connectivity index (χ4v) is 3.89. The molecule has 1 heterocycles. The van der Waals surface area contributed by atoms with E-state index in [4.69, 9.17) is 0 Å². The summed E-state index contributed by atoms with van der Waals surface area (Å²) in [6.45, 7) is 6.12. The van der Waals surface area contributed by atoms with Crippen molar-refractivity contribution >= 4 is 28.6 Å². The fourth-order valence-electron chi connectivity index (χ4n) is 2.94. The highest BCUT2D eigenvalue weighted by Gasteiger charge is 2.16. The largest absolute Gasteiger partial charge is 0.353 e. The minimum atomic E-state index is -0.486. The molecule has 3 aromatic rings. The van der Waals surface area contributed by atoms with Crippen molar-refractivity contribution in [3.05, 3.63) is 64.7 Å². The molecule has 2 aromatic carbocycles. The van der Waals surface area contributed by atoms with Crippen molar-refractivity contribution in [3.8, 4) is 5.69 Å². The van der Waals surface area contributed by atoms with Crippen LogP contribution in [0.1, 0.15) is 33.6 Å². The molecule has 0 aliphatic carbocycles. The van der Waals surface area contributed by atoms with Crippen LogP contribution in [0.5, 0.6) is 0 Å². The van der Waals surface area contributed by atoms with Gasteiger partial charge in [0.25, 0.3) is 5.56 Å². The van der Waals surface area contributed by atoms with Crippen LogP contribution < -0.4 is 10.9 Å². The third kappa shape index (κ3) is 5.08. The topological polar surface area (TPSA) is 64.0 Å². The van der Waals surface area contributed by atoms with E-state index in [-0.39, 0.29) is 23.2 Å². The van der Waals surface area contributed by atoms with E-state index < -0.39 is 5.82 Å². The average Bonchev–Trinajstić information content (AvgIpc) is 2.72. The molecule has 5 nitrogen and oxygen atoms in total. The van der Waals surface area contributed by atoms with Gasteiger partial charge in [0, 0.05) is 18.2 Å². The molecule has 0 aliphatic rings. The van der Waals surface area contributed by atoms with Gasteiger partial charge in [0.05, 0.1) is 16.6 Å². The van der Waals surface area contributed by atoms with E-state index in [1.165, 1.54) is 22.4 Å². The molecule has 1 unspecified atom stereocenters. The smallest absolute Gasteiger partial charge is 0.266 e. The van der Waals surface area contributed by atoms with Crippen LogP contribution in [0.4, 0.5) is 4.39 Å². The van der Waals surface area contributed by atoms with Crippen molar-refractivity contribution in [1.29, 1.82) is 0 Å². The van der Waals surface area contributed by atoms with Crippen LogP contribution in [-0.2, 0) is 4.79 Å². The molecule has 158 valence electrons. The lowest BCUT2D eigenvalue weighted by Crippen LogP contribution is -2.35. The van der Waals surface area contributed by atoms with E-state index in [1.807, 2.05) is 13.0 Å². The summed E-state index contributed by atoms with van der Waals surface area (Å²) < 4.78 is 15.8. The van der Waals surface area contributed by atoms with Crippen molar-refractivity contribution in [1.82, 2.24) is 14.9 Å². The number of hydrogen-bond acceptors (Lipinski definition) is 4. The summed E-state index contributed by atoms with van der Waals surface area (Å²) in [6, 6.07) is 13.3. The van der Waals surface area contributed by atoms with Crippen LogP contribution >= 0.6 is 11.8 Å². The average molecular weight is 428 g/mol. The van der Waals surface area contributed by atoms with Gasteiger partial charge in [-0.25, -0.2) is 9.37 Å². The molecule has 30 heavy (non-hydrogen) atoms. The standard InChI is InChI=1S/C23H26FN3O2S/c1-15(2)16(3)25-21(28)13-8-14-30-23-26-19-11-6-4-9-17(19)22(29)27(23)20-12-7-5-10-18(20)24/h4-7,9-12,15-16H,8,13-14H2,1-3H3,(H,25,28). The molecule has 0 radical (unpaired) electrons. The van der Waals surface area contributed by atoms with Gasteiger partial charge >= 0.3 is 0 Å². The van der Waals surface area contributed by atoms with Crippen molar-refractivity contribution in [3.63, 3.8) is 0 Å². The molecule has 7 heteroatoms. The van der Waals surface area contributed by atoms with Gasteiger partial charge < -0.3 is 5.32 Å². The molecule has 1 atom stereocenters. The van der Waals surface area contributed by atoms with Gasteiger partial charge in [-0.05, 0) is 43.5 Å². The number of fused-ring (bicyclic) bond motifs is 1. The number of thioether (sulfide) groups is 1. The lowest BCUT2D eigenvalue weighted by atomic mass is 10.1. The second-order valence-electron chi connectivity index (χ2n) is 7.56. The Morgan fingerprint density at radius 2 is 1.83 bits per heavy atom. The second kappa shape index (κ2) is 9.89. The van der Waals surface area contributed by atoms with Gasteiger partial charge in [-0.2, -0.15) is 0 Å². The van der Waals surface area contributed by atoms with Crippen molar-refractivity contribution in [2.45, 2.75) is 44.8 Å². The van der Waals surface area contributed by atoms with Gasteiger partial charge in [-0.15, -0.1) is 0 Å². The number of carbonyl (C=O) groups is 1. The normalized spacial score (nSPS) is 12.3. The van der Waals surface area contributed by atoms with Crippen molar-refractivity contribution in [2.75, 3.05) is 5.75 Å². The quantitative estimate of drug-likeness (QED) is 0.325. The predicted molar refractivity (Wildman–Crippen MR) is 120 cm³/mol. The van der Waals surface area contributed by atoms with Crippen LogP contribution in [0.25, 0.3) is 16.6 Å². The number of hydrogen-bond donors (Lipinski definition) is 1. The number of halogens is 1. The molecule has 1 aromatic heterocycles. The van der Waals surface area contributed by atoms with Gasteiger partial charge in [-0.3, -0.25) is 14.2 Å². The first-order valence-electron chi connectivity index (χ1n) is 10.1. The molecule has 0 bridgehead atoms. The lowest BCUT2D eigenvalue weighted by Gasteiger charge is -2.17. The van der Waals surface area contributed by atoms with Crippen LogP contribution in [0.2, 0.25) is 0 Å². The summed E-state index contributed by atoms with van der Waals surface area (Å²) in [5.41, 5.74) is 0.435. The molecule has 0 saturated heterocycles. The van der Waals surface area contributed by atoms with Gasteiger partial charge in [0.2, 0.25) is 5.91 Å². The maximum absolute atomic E-state index is 14.5. The lowest BCUT2D eigenvalue weighted by molar-refractivity contribution is -0.121. The number of aromatic nitrogens is 2.